The molecule has 2 aromatic heterocycles. The highest BCUT2D eigenvalue weighted by atomic mass is 16.5. The summed E-state index contributed by atoms with van der Waals surface area (Å²) in [5, 5.41) is 3.17. The van der Waals surface area contributed by atoms with E-state index in [2.05, 4.69) is 10.3 Å². The van der Waals surface area contributed by atoms with Crippen molar-refractivity contribution >= 4 is 28.7 Å². The number of nitrogens with one attached hydrogen (secondary N) is 1. The van der Waals surface area contributed by atoms with Crippen LogP contribution in [0.4, 0.5) is 0 Å². The average molecular weight is 498 g/mol. The lowest BCUT2D eigenvalue weighted by Gasteiger charge is -2.28. The lowest BCUT2D eigenvalue weighted by Crippen LogP contribution is -2.46. The maximum Gasteiger partial charge on any atom is 0.254 e. The molecule has 4 aromatic rings. The molecule has 1 N–H and O–H groups in total. The Morgan fingerprint density at radius 2 is 1.89 bits per heavy atom. The molecule has 0 spiro atoms. The monoisotopic (exact) mass is 497 g/mol. The maximum absolute atomic E-state index is 13.3. The van der Waals surface area contributed by atoms with E-state index in [1.54, 1.807) is 55.8 Å². The van der Waals surface area contributed by atoms with Crippen molar-refractivity contribution in [1.82, 2.24) is 15.2 Å². The number of aromatic nitrogens is 1. The molecule has 1 fully saturated rings. The number of ether oxygens (including phenoxy) is 2. The topological polar surface area (TPSA) is 111 Å². The van der Waals surface area contributed by atoms with Crippen LogP contribution in [-0.4, -0.2) is 48.4 Å². The summed E-state index contributed by atoms with van der Waals surface area (Å²) >= 11 is 0. The van der Waals surface area contributed by atoms with Crippen LogP contribution in [-0.2, 0) is 21.5 Å². The van der Waals surface area contributed by atoms with Crippen molar-refractivity contribution in [2.45, 2.75) is 18.4 Å². The number of carbonyl (C=O) groups excluding carboxylic acids is 3. The summed E-state index contributed by atoms with van der Waals surface area (Å²) in [6, 6.07) is 14.5. The Morgan fingerprint density at radius 1 is 1.03 bits per heavy atom. The number of methoxy groups -OCH3 is 2. The van der Waals surface area contributed by atoms with E-state index in [1.165, 1.54) is 0 Å². The van der Waals surface area contributed by atoms with Gasteiger partial charge in [-0.1, -0.05) is 12.1 Å². The van der Waals surface area contributed by atoms with Gasteiger partial charge in [0.15, 0.2) is 0 Å². The third kappa shape index (κ3) is 3.62. The zero-order valence-corrected chi connectivity index (χ0v) is 20.2. The van der Waals surface area contributed by atoms with E-state index < -0.39 is 17.2 Å². The Kier molecular flexibility index (Phi) is 5.22. The fraction of sp³-hybridized carbons (Fsp3) is 0.214. The second-order valence-electron chi connectivity index (χ2n) is 9.26. The first kappa shape index (κ1) is 22.8. The molecule has 0 unspecified atom stereocenters. The zero-order valence-electron chi connectivity index (χ0n) is 20.2. The van der Waals surface area contributed by atoms with Gasteiger partial charge in [0.25, 0.3) is 5.91 Å². The lowest BCUT2D eigenvalue weighted by atomic mass is 9.82. The second-order valence-corrected chi connectivity index (χ2v) is 9.26. The number of pyridine rings is 1. The number of amides is 3. The molecule has 6 rings (SSSR count). The number of imide groups is 1. The minimum absolute atomic E-state index is 0.00348. The van der Waals surface area contributed by atoms with Gasteiger partial charge in [0, 0.05) is 42.0 Å². The Bertz CT molecular complexity index is 1590. The molecule has 1 atom stereocenters. The van der Waals surface area contributed by atoms with E-state index in [9.17, 15) is 14.4 Å². The van der Waals surface area contributed by atoms with Gasteiger partial charge in [0.2, 0.25) is 11.8 Å². The van der Waals surface area contributed by atoms with E-state index in [-0.39, 0.29) is 18.9 Å². The molecule has 4 heterocycles. The van der Waals surface area contributed by atoms with Gasteiger partial charge in [0.1, 0.15) is 28.3 Å². The average Bonchev–Trinajstić information content (AvgIpc) is 3.57. The van der Waals surface area contributed by atoms with Gasteiger partial charge in [-0.2, -0.15) is 0 Å². The molecule has 9 heteroatoms. The highest BCUT2D eigenvalue weighted by Crippen LogP contribution is 2.40. The predicted molar refractivity (Wildman–Crippen MR) is 133 cm³/mol. The van der Waals surface area contributed by atoms with Crippen LogP contribution in [0, 0.1) is 0 Å². The molecule has 37 heavy (non-hydrogen) atoms. The molecule has 186 valence electrons. The smallest absolute Gasteiger partial charge is 0.254 e. The first-order chi connectivity index (χ1) is 17.9. The van der Waals surface area contributed by atoms with Crippen LogP contribution in [0.2, 0.25) is 0 Å². The molecule has 0 aliphatic carbocycles. The van der Waals surface area contributed by atoms with Gasteiger partial charge in [-0.3, -0.25) is 24.7 Å². The summed E-state index contributed by atoms with van der Waals surface area (Å²) in [5.74, 6) is 0.490. The fourth-order valence-corrected chi connectivity index (χ4v) is 5.19. The third-order valence-electron chi connectivity index (χ3n) is 7.11. The van der Waals surface area contributed by atoms with E-state index in [0.717, 1.165) is 22.1 Å². The predicted octanol–water partition coefficient (Wildman–Crippen LogP) is 3.45. The third-order valence-corrected chi connectivity index (χ3v) is 7.11. The van der Waals surface area contributed by atoms with Crippen molar-refractivity contribution < 1.29 is 28.3 Å². The van der Waals surface area contributed by atoms with Crippen molar-refractivity contribution in [3.05, 3.63) is 77.8 Å². The summed E-state index contributed by atoms with van der Waals surface area (Å²) in [6.45, 7) is 0.329. The van der Waals surface area contributed by atoms with Crippen molar-refractivity contribution in [1.29, 1.82) is 0 Å². The molecule has 0 saturated carbocycles. The molecule has 3 amide bonds. The largest absolute Gasteiger partial charge is 0.497 e. The summed E-state index contributed by atoms with van der Waals surface area (Å²) in [7, 11) is 3.14. The molecule has 0 radical (unpaired) electrons. The molecule has 2 aliphatic heterocycles. The van der Waals surface area contributed by atoms with Crippen molar-refractivity contribution in [2.75, 3.05) is 20.8 Å². The minimum atomic E-state index is -1.34. The molecule has 0 bridgehead atoms. The van der Waals surface area contributed by atoms with Crippen LogP contribution in [0.25, 0.3) is 22.1 Å². The summed E-state index contributed by atoms with van der Waals surface area (Å²) in [6.07, 6.45) is 3.26. The minimum Gasteiger partial charge on any atom is -0.497 e. The van der Waals surface area contributed by atoms with Crippen molar-refractivity contribution in [3.63, 3.8) is 0 Å². The first-order valence-electron chi connectivity index (χ1n) is 11.7. The Labute approximate surface area is 212 Å². The number of benzene rings is 2. The summed E-state index contributed by atoms with van der Waals surface area (Å²) in [4.78, 5) is 44.7. The highest BCUT2D eigenvalue weighted by Gasteiger charge is 2.53. The molecule has 1 saturated heterocycles. The number of hydrogen-bond acceptors (Lipinski definition) is 7. The van der Waals surface area contributed by atoms with E-state index >= 15 is 0 Å². The van der Waals surface area contributed by atoms with Crippen LogP contribution < -0.4 is 14.8 Å². The molecule has 2 aromatic carbocycles. The van der Waals surface area contributed by atoms with E-state index in [4.69, 9.17) is 13.9 Å². The highest BCUT2D eigenvalue weighted by molar-refractivity contribution is 6.10. The normalized spacial score (nSPS) is 18.9. The zero-order chi connectivity index (χ0) is 25.7. The van der Waals surface area contributed by atoms with Gasteiger partial charge >= 0.3 is 0 Å². The molecule has 9 nitrogen and oxygen atoms in total. The second kappa shape index (κ2) is 8.48. The van der Waals surface area contributed by atoms with Gasteiger partial charge in [-0.15, -0.1) is 0 Å². The number of fused-ring (bicyclic) bond motifs is 2. The number of carbonyl (C=O) groups is 3. The quantitative estimate of drug-likeness (QED) is 0.406. The van der Waals surface area contributed by atoms with Gasteiger partial charge < -0.3 is 18.8 Å². The van der Waals surface area contributed by atoms with E-state index in [0.29, 0.717) is 35.0 Å². The Balaban J connectivity index is 1.39. The maximum atomic E-state index is 13.3. The van der Waals surface area contributed by atoms with Crippen LogP contribution in [0.3, 0.4) is 0 Å². The Morgan fingerprint density at radius 3 is 2.65 bits per heavy atom. The molecular weight excluding hydrogens is 474 g/mol. The van der Waals surface area contributed by atoms with Crippen LogP contribution in [0.5, 0.6) is 11.5 Å². The Hall–Kier alpha value is -4.66. The van der Waals surface area contributed by atoms with Crippen LogP contribution in [0.1, 0.15) is 28.1 Å². The molecular formula is C28H23N3O6. The van der Waals surface area contributed by atoms with Crippen molar-refractivity contribution in [3.8, 4) is 22.6 Å². The number of hydrogen-bond donors (Lipinski definition) is 1. The number of nitrogens with zero attached hydrogens (tertiary/aromatic N) is 2. The number of rotatable bonds is 6. The fourth-order valence-electron chi connectivity index (χ4n) is 5.19. The van der Waals surface area contributed by atoms with E-state index in [1.807, 2.05) is 24.3 Å². The first-order valence-corrected chi connectivity index (χ1v) is 11.7. The van der Waals surface area contributed by atoms with Gasteiger partial charge in [0.05, 0.1) is 20.6 Å². The SMILES string of the molecule is COc1ccc2c(c1)C(=O)N(C[C@@]1(c3cc4cc(-c5cnccc5OC)ccc4o3)CC(=O)NC1=O)C2. The van der Waals surface area contributed by atoms with Crippen molar-refractivity contribution in [2.24, 2.45) is 0 Å². The summed E-state index contributed by atoms with van der Waals surface area (Å²) < 4.78 is 16.9. The van der Waals surface area contributed by atoms with Crippen LogP contribution in [0.15, 0.2) is 65.3 Å². The van der Waals surface area contributed by atoms with Crippen LogP contribution >= 0.6 is 0 Å². The number of furan rings is 1. The van der Waals surface area contributed by atoms with Gasteiger partial charge in [-0.05, 0) is 47.5 Å². The molecule has 2 aliphatic rings. The lowest BCUT2D eigenvalue weighted by molar-refractivity contribution is -0.127. The summed E-state index contributed by atoms with van der Waals surface area (Å²) in [5.41, 5.74) is 2.27. The van der Waals surface area contributed by atoms with Gasteiger partial charge in [-0.25, -0.2) is 0 Å². The standard InChI is InChI=1S/C28H23N3O6/c1-35-19-5-3-17-14-31(26(33)20(17)11-19)15-28(12-25(32)30-27(28)34)24-10-18-9-16(4-6-22(18)37-24)21-13-29-8-7-23(21)36-2/h3-11,13H,12,14-15H2,1-2H3,(H,30,32,34)/t28-/m1/s1.